The number of ether oxygens (including phenoxy) is 1. The highest BCUT2D eigenvalue weighted by Crippen LogP contribution is 2.38. The lowest BCUT2D eigenvalue weighted by molar-refractivity contribution is 0.118. The lowest BCUT2D eigenvalue weighted by Crippen LogP contribution is -2.31. The Morgan fingerprint density at radius 1 is 1.17 bits per heavy atom. The Bertz CT molecular complexity index is 919. The standard InChI is InChI=1S/C19H24BF2I2N3O2/c1-7-26(8-2)19(28)29-9-14(17-10(3)15(23)12(5)25-17)18-11(4)16(24)13(6)27(18)20(21)22/h7-9H2,1-6H3/b17-14-. The Labute approximate surface area is 198 Å². The summed E-state index contributed by atoms with van der Waals surface area (Å²) in [6.45, 7) is 11.9. The minimum Gasteiger partial charge on any atom is -0.444 e. The number of allylic oxidation sites excluding steroid dienone is 2. The molecule has 0 radical (unpaired) electrons. The summed E-state index contributed by atoms with van der Waals surface area (Å²) in [6, 6.07) is 0. The summed E-state index contributed by atoms with van der Waals surface area (Å²) < 4.78 is 36.3. The van der Waals surface area contributed by atoms with Gasteiger partial charge in [-0.1, -0.05) is 0 Å². The van der Waals surface area contributed by atoms with Crippen molar-refractivity contribution in [3.05, 3.63) is 35.4 Å². The van der Waals surface area contributed by atoms with E-state index in [4.69, 9.17) is 4.74 Å². The van der Waals surface area contributed by atoms with E-state index in [2.05, 4.69) is 50.2 Å². The normalized spacial score (nSPS) is 15.6. The molecule has 1 aromatic rings. The second-order valence-corrected chi connectivity index (χ2v) is 8.87. The average Bonchev–Trinajstić information content (AvgIpc) is 3.06. The van der Waals surface area contributed by atoms with E-state index < -0.39 is 13.5 Å². The Morgan fingerprint density at radius 3 is 2.21 bits per heavy atom. The molecule has 2 heterocycles. The Hall–Kier alpha value is -0.915. The SMILES string of the molecule is CCN(CC)C(=O)OC/C(=C1/N=C(C)C(I)=C1C)c1c(C)c(I)c(C)n1B(F)F. The highest BCUT2D eigenvalue weighted by molar-refractivity contribution is 14.1. The molecule has 1 aliphatic rings. The molecule has 5 nitrogen and oxygen atoms in total. The third-order valence-electron chi connectivity index (χ3n) is 5.01. The third-order valence-corrected chi connectivity index (χ3v) is 8.19. The molecule has 0 atom stereocenters. The van der Waals surface area contributed by atoms with Gasteiger partial charge in [0, 0.05) is 37.2 Å². The molecule has 0 saturated carbocycles. The van der Waals surface area contributed by atoms with Crippen molar-refractivity contribution in [2.45, 2.75) is 41.5 Å². The number of aromatic nitrogens is 1. The van der Waals surface area contributed by atoms with E-state index in [1.165, 1.54) is 0 Å². The van der Waals surface area contributed by atoms with Crippen molar-refractivity contribution in [3.8, 4) is 0 Å². The quantitative estimate of drug-likeness (QED) is 0.293. The van der Waals surface area contributed by atoms with Crippen LogP contribution in [0.25, 0.3) is 5.57 Å². The van der Waals surface area contributed by atoms with Crippen molar-refractivity contribution in [3.63, 3.8) is 0 Å². The fraction of sp³-hybridized carbons (Fsp3) is 0.474. The molecule has 0 fully saturated rings. The Kier molecular flexibility index (Phi) is 8.34. The van der Waals surface area contributed by atoms with Crippen LogP contribution in [0.4, 0.5) is 13.4 Å². The van der Waals surface area contributed by atoms with Crippen molar-refractivity contribution < 1.29 is 18.2 Å². The molecule has 158 valence electrons. The van der Waals surface area contributed by atoms with Gasteiger partial charge in [0.1, 0.15) is 6.61 Å². The first kappa shape index (κ1) is 24.4. The zero-order chi connectivity index (χ0) is 22.0. The van der Waals surface area contributed by atoms with Gasteiger partial charge in [-0.15, -0.1) is 0 Å². The van der Waals surface area contributed by atoms with Crippen LogP contribution < -0.4 is 0 Å². The third kappa shape index (κ3) is 4.72. The number of hydrogen-bond donors (Lipinski definition) is 0. The fourth-order valence-corrected chi connectivity index (χ4v) is 4.26. The van der Waals surface area contributed by atoms with E-state index in [0.717, 1.165) is 28.5 Å². The van der Waals surface area contributed by atoms with Gasteiger partial charge in [0.2, 0.25) is 0 Å². The maximum atomic E-state index is 14.0. The lowest BCUT2D eigenvalue weighted by Gasteiger charge is -2.20. The van der Waals surface area contributed by atoms with Gasteiger partial charge in [-0.3, -0.25) is 13.6 Å². The zero-order valence-electron chi connectivity index (χ0n) is 17.4. The number of amides is 1. The van der Waals surface area contributed by atoms with Gasteiger partial charge < -0.3 is 14.1 Å². The van der Waals surface area contributed by atoms with Crippen LogP contribution in [0.5, 0.6) is 0 Å². The molecule has 29 heavy (non-hydrogen) atoms. The monoisotopic (exact) mass is 629 g/mol. The van der Waals surface area contributed by atoms with Crippen molar-refractivity contribution in [2.24, 2.45) is 4.99 Å². The van der Waals surface area contributed by atoms with E-state index in [1.54, 1.807) is 11.8 Å². The van der Waals surface area contributed by atoms with E-state index in [1.807, 2.05) is 34.6 Å². The van der Waals surface area contributed by atoms with E-state index in [0.29, 0.717) is 35.7 Å². The van der Waals surface area contributed by atoms with Crippen molar-refractivity contribution in [2.75, 3.05) is 19.7 Å². The summed E-state index contributed by atoms with van der Waals surface area (Å²) in [6.07, 6.45) is -0.470. The number of nitrogens with zero attached hydrogens (tertiary/aromatic N) is 3. The van der Waals surface area contributed by atoms with Crippen molar-refractivity contribution in [1.29, 1.82) is 0 Å². The molecular formula is C19H24BF2I2N3O2. The second kappa shape index (κ2) is 9.93. The van der Waals surface area contributed by atoms with Gasteiger partial charge in [-0.25, -0.2) is 4.79 Å². The van der Waals surface area contributed by atoms with Crippen LogP contribution in [0, 0.1) is 17.4 Å². The first-order valence-electron chi connectivity index (χ1n) is 9.29. The fourth-order valence-electron chi connectivity index (χ4n) is 3.37. The second-order valence-electron chi connectivity index (χ2n) is 6.71. The maximum Gasteiger partial charge on any atom is 0.677 e. The molecule has 1 aliphatic heterocycles. The predicted octanol–water partition coefficient (Wildman–Crippen LogP) is 5.85. The molecule has 0 bridgehead atoms. The molecule has 0 unspecified atom stereocenters. The summed E-state index contributed by atoms with van der Waals surface area (Å²) in [5, 5.41) is 0. The lowest BCUT2D eigenvalue weighted by atomic mass is 10.0. The van der Waals surface area contributed by atoms with Crippen LogP contribution in [0.2, 0.25) is 0 Å². The van der Waals surface area contributed by atoms with Crippen molar-refractivity contribution in [1.82, 2.24) is 9.38 Å². The summed E-state index contributed by atoms with van der Waals surface area (Å²) >= 11 is 4.28. The average molecular weight is 629 g/mol. The molecule has 10 heteroatoms. The van der Waals surface area contributed by atoms with E-state index >= 15 is 0 Å². The smallest absolute Gasteiger partial charge is 0.444 e. The van der Waals surface area contributed by atoms with Crippen LogP contribution in [0.1, 0.15) is 44.6 Å². The molecule has 1 aromatic heterocycles. The van der Waals surface area contributed by atoms with Gasteiger partial charge in [0.15, 0.2) is 0 Å². The van der Waals surface area contributed by atoms with E-state index in [-0.39, 0.29) is 6.61 Å². The maximum absolute atomic E-state index is 14.0. The molecule has 0 aliphatic carbocycles. The molecule has 0 spiro atoms. The molecule has 1 amide bonds. The number of rotatable bonds is 6. The Balaban J connectivity index is 2.67. The van der Waals surface area contributed by atoms with Crippen LogP contribution in [-0.4, -0.2) is 48.3 Å². The number of carbonyl (C=O) groups excluding carboxylic acids is 1. The topological polar surface area (TPSA) is 46.8 Å². The summed E-state index contributed by atoms with van der Waals surface area (Å²) in [4.78, 5) is 18.6. The van der Waals surface area contributed by atoms with Crippen LogP contribution in [-0.2, 0) is 4.74 Å². The Morgan fingerprint density at radius 2 is 1.76 bits per heavy atom. The molecule has 2 rings (SSSR count). The molecule has 0 N–H and O–H groups in total. The number of aliphatic imine (C=N–C) groups is 1. The summed E-state index contributed by atoms with van der Waals surface area (Å²) in [5.74, 6) is 0. The minimum absolute atomic E-state index is 0.129. The van der Waals surface area contributed by atoms with Gasteiger partial charge in [0.25, 0.3) is 0 Å². The first-order chi connectivity index (χ1) is 13.6. The van der Waals surface area contributed by atoms with Gasteiger partial charge in [-0.05, 0) is 97.9 Å². The van der Waals surface area contributed by atoms with Gasteiger partial charge >= 0.3 is 13.5 Å². The summed E-state index contributed by atoms with van der Waals surface area (Å²) in [5.41, 5.74) is 4.39. The zero-order valence-corrected chi connectivity index (χ0v) is 21.7. The number of carbonyl (C=O) groups is 1. The van der Waals surface area contributed by atoms with Gasteiger partial charge in [-0.2, -0.15) is 0 Å². The number of hydrogen-bond acceptors (Lipinski definition) is 3. The largest absolute Gasteiger partial charge is 0.677 e. The highest BCUT2D eigenvalue weighted by Gasteiger charge is 2.32. The highest BCUT2D eigenvalue weighted by atomic mass is 127. The minimum atomic E-state index is -2.71. The van der Waals surface area contributed by atoms with Crippen LogP contribution in [0.15, 0.2) is 19.8 Å². The van der Waals surface area contributed by atoms with E-state index in [9.17, 15) is 13.4 Å². The van der Waals surface area contributed by atoms with Gasteiger partial charge in [0.05, 0.1) is 11.4 Å². The van der Waals surface area contributed by atoms with Crippen LogP contribution in [0.3, 0.4) is 0 Å². The molecule has 0 saturated heterocycles. The number of halogens is 4. The molecule has 0 aromatic carbocycles. The first-order valence-corrected chi connectivity index (χ1v) is 11.4. The molecular weight excluding hydrogens is 605 g/mol. The van der Waals surface area contributed by atoms with Crippen molar-refractivity contribution >= 4 is 70.0 Å². The predicted molar refractivity (Wildman–Crippen MR) is 131 cm³/mol. The van der Waals surface area contributed by atoms with Crippen LogP contribution >= 0.6 is 45.2 Å². The summed E-state index contributed by atoms with van der Waals surface area (Å²) in [7, 11) is -2.71.